The summed E-state index contributed by atoms with van der Waals surface area (Å²) < 4.78 is 26.5. The Bertz CT molecular complexity index is 628. The highest BCUT2D eigenvalue weighted by atomic mass is 32.2. The number of hydrogen-bond acceptors (Lipinski definition) is 4. The van der Waals surface area contributed by atoms with Gasteiger partial charge in [0.15, 0.2) is 0 Å². The van der Waals surface area contributed by atoms with Crippen molar-refractivity contribution in [3.05, 3.63) is 23.8 Å². The van der Waals surface area contributed by atoms with E-state index in [0.29, 0.717) is 13.0 Å². The Morgan fingerprint density at radius 3 is 2.65 bits per heavy atom. The van der Waals surface area contributed by atoms with Gasteiger partial charge in [-0.1, -0.05) is 12.5 Å². The van der Waals surface area contributed by atoms with Gasteiger partial charge in [-0.15, -0.1) is 0 Å². The molecule has 1 aromatic carbocycles. The molecule has 2 rings (SSSR count). The summed E-state index contributed by atoms with van der Waals surface area (Å²) in [4.78, 5) is 11.5. The van der Waals surface area contributed by atoms with Crippen LogP contribution < -0.4 is 11.5 Å². The molecule has 4 N–H and O–H groups in total. The average molecular weight is 297 g/mol. The van der Waals surface area contributed by atoms with Crippen molar-refractivity contribution < 1.29 is 13.2 Å². The van der Waals surface area contributed by atoms with Crippen molar-refractivity contribution in [1.82, 2.24) is 4.31 Å². The zero-order valence-corrected chi connectivity index (χ0v) is 12.2. The average Bonchev–Trinajstić information content (AvgIpc) is 2.38. The normalized spacial score (nSPS) is 20.8. The SMILES string of the molecule is Cc1ccc(S(=O)(=O)N2CCCCC2C(N)=O)c(N)c1. The Balaban J connectivity index is 2.45. The number of carbonyl (C=O) groups is 1. The Morgan fingerprint density at radius 1 is 1.35 bits per heavy atom. The van der Waals surface area contributed by atoms with Crippen molar-refractivity contribution in [3.8, 4) is 0 Å². The van der Waals surface area contributed by atoms with Crippen molar-refractivity contribution in [2.75, 3.05) is 12.3 Å². The van der Waals surface area contributed by atoms with E-state index < -0.39 is 22.0 Å². The van der Waals surface area contributed by atoms with E-state index in [4.69, 9.17) is 11.5 Å². The highest BCUT2D eigenvalue weighted by molar-refractivity contribution is 7.89. The highest BCUT2D eigenvalue weighted by Gasteiger charge is 2.37. The van der Waals surface area contributed by atoms with Gasteiger partial charge in [0, 0.05) is 6.54 Å². The first kappa shape index (κ1) is 14.8. The van der Waals surface area contributed by atoms with Crippen molar-refractivity contribution in [2.24, 2.45) is 5.73 Å². The number of anilines is 1. The molecular formula is C13H19N3O3S. The minimum absolute atomic E-state index is 0.0382. The number of piperidine rings is 1. The van der Waals surface area contributed by atoms with Crippen LogP contribution in [0.1, 0.15) is 24.8 Å². The number of nitrogens with zero attached hydrogens (tertiary/aromatic N) is 1. The number of amides is 1. The second kappa shape index (κ2) is 5.41. The number of sulfonamides is 1. The fraction of sp³-hybridized carbons (Fsp3) is 0.462. The van der Waals surface area contributed by atoms with Crippen molar-refractivity contribution in [3.63, 3.8) is 0 Å². The molecule has 7 heteroatoms. The lowest BCUT2D eigenvalue weighted by molar-refractivity contribution is -0.122. The molecule has 1 aliphatic heterocycles. The summed E-state index contributed by atoms with van der Waals surface area (Å²) >= 11 is 0. The van der Waals surface area contributed by atoms with Gasteiger partial charge in [-0.25, -0.2) is 8.42 Å². The summed E-state index contributed by atoms with van der Waals surface area (Å²) in [6.45, 7) is 2.13. The van der Waals surface area contributed by atoms with Gasteiger partial charge in [0.25, 0.3) is 0 Å². The van der Waals surface area contributed by atoms with Crippen molar-refractivity contribution in [2.45, 2.75) is 37.1 Å². The molecule has 0 aromatic heterocycles. The first-order valence-corrected chi connectivity index (χ1v) is 7.95. The summed E-state index contributed by atoms with van der Waals surface area (Å²) in [5, 5.41) is 0. The summed E-state index contributed by atoms with van der Waals surface area (Å²) in [6.07, 6.45) is 1.97. The molecule has 1 amide bonds. The van der Waals surface area contributed by atoms with Crippen LogP contribution in [0.2, 0.25) is 0 Å². The van der Waals surface area contributed by atoms with Crippen LogP contribution in [-0.2, 0) is 14.8 Å². The topological polar surface area (TPSA) is 106 Å². The van der Waals surface area contributed by atoms with Crippen LogP contribution in [0.4, 0.5) is 5.69 Å². The lowest BCUT2D eigenvalue weighted by Gasteiger charge is -2.32. The van der Waals surface area contributed by atoms with E-state index in [2.05, 4.69) is 0 Å². The maximum atomic E-state index is 12.7. The van der Waals surface area contributed by atoms with Gasteiger partial charge in [0.05, 0.1) is 5.69 Å². The van der Waals surface area contributed by atoms with E-state index in [-0.39, 0.29) is 10.6 Å². The minimum atomic E-state index is -3.80. The molecule has 0 radical (unpaired) electrons. The standard InChI is InChI=1S/C13H19N3O3S/c1-9-5-6-12(10(14)8-9)20(18,19)16-7-3-2-4-11(16)13(15)17/h5-6,8,11H,2-4,7,14H2,1H3,(H2,15,17). The monoisotopic (exact) mass is 297 g/mol. The lowest BCUT2D eigenvalue weighted by atomic mass is 10.0. The van der Waals surface area contributed by atoms with E-state index in [1.807, 2.05) is 6.92 Å². The molecule has 1 aliphatic rings. The Hall–Kier alpha value is -1.60. The number of aryl methyl sites for hydroxylation is 1. The number of benzene rings is 1. The molecule has 1 unspecified atom stereocenters. The van der Waals surface area contributed by atoms with Gasteiger partial charge < -0.3 is 11.5 Å². The first-order chi connectivity index (χ1) is 9.34. The van der Waals surface area contributed by atoms with Crippen LogP contribution in [0.3, 0.4) is 0 Å². The van der Waals surface area contributed by atoms with E-state index in [9.17, 15) is 13.2 Å². The number of primary amides is 1. The smallest absolute Gasteiger partial charge is 0.245 e. The molecule has 1 atom stereocenters. The molecule has 0 bridgehead atoms. The number of nitrogen functional groups attached to an aromatic ring is 1. The zero-order valence-electron chi connectivity index (χ0n) is 11.4. The third-order valence-corrected chi connectivity index (χ3v) is 5.52. The van der Waals surface area contributed by atoms with Gasteiger partial charge in [-0.3, -0.25) is 4.79 Å². The molecule has 110 valence electrons. The van der Waals surface area contributed by atoms with Crippen LogP contribution in [0, 0.1) is 6.92 Å². The van der Waals surface area contributed by atoms with Gasteiger partial charge in [0.1, 0.15) is 10.9 Å². The summed E-state index contributed by atoms with van der Waals surface area (Å²) in [5.41, 5.74) is 12.2. The van der Waals surface area contributed by atoms with Crippen LogP contribution in [-0.4, -0.2) is 31.2 Å². The summed E-state index contributed by atoms with van der Waals surface area (Å²) in [5.74, 6) is -0.612. The number of rotatable bonds is 3. The van der Waals surface area contributed by atoms with E-state index in [0.717, 1.165) is 18.4 Å². The molecule has 0 saturated carbocycles. The fourth-order valence-electron chi connectivity index (χ4n) is 2.51. The van der Waals surface area contributed by atoms with Crippen LogP contribution in [0.5, 0.6) is 0 Å². The van der Waals surface area contributed by atoms with E-state index >= 15 is 0 Å². The minimum Gasteiger partial charge on any atom is -0.398 e. The molecule has 0 spiro atoms. The molecule has 1 saturated heterocycles. The quantitative estimate of drug-likeness (QED) is 0.797. The Kier molecular flexibility index (Phi) is 4.01. The fourth-order valence-corrected chi connectivity index (χ4v) is 4.27. The summed E-state index contributed by atoms with van der Waals surface area (Å²) in [7, 11) is -3.80. The molecule has 20 heavy (non-hydrogen) atoms. The third kappa shape index (κ3) is 2.64. The predicted molar refractivity (Wildman–Crippen MR) is 76.3 cm³/mol. The predicted octanol–water partition coefficient (Wildman–Crippen LogP) is 0.606. The third-order valence-electron chi connectivity index (χ3n) is 3.53. The molecule has 1 aromatic rings. The molecule has 0 aliphatic carbocycles. The number of carbonyl (C=O) groups excluding carboxylic acids is 1. The first-order valence-electron chi connectivity index (χ1n) is 6.51. The van der Waals surface area contributed by atoms with Crippen LogP contribution in [0.15, 0.2) is 23.1 Å². The molecular weight excluding hydrogens is 278 g/mol. The Morgan fingerprint density at radius 2 is 2.05 bits per heavy atom. The van der Waals surface area contributed by atoms with Gasteiger partial charge in [-0.2, -0.15) is 4.31 Å². The molecule has 6 nitrogen and oxygen atoms in total. The van der Waals surface area contributed by atoms with Crippen molar-refractivity contribution in [1.29, 1.82) is 0 Å². The second-order valence-corrected chi connectivity index (χ2v) is 6.93. The van der Waals surface area contributed by atoms with Gasteiger partial charge in [0.2, 0.25) is 15.9 Å². The molecule has 1 heterocycles. The maximum Gasteiger partial charge on any atom is 0.245 e. The largest absolute Gasteiger partial charge is 0.398 e. The lowest BCUT2D eigenvalue weighted by Crippen LogP contribution is -2.50. The number of nitrogens with two attached hydrogens (primary N) is 2. The van der Waals surface area contributed by atoms with E-state index in [1.54, 1.807) is 12.1 Å². The number of hydrogen-bond donors (Lipinski definition) is 2. The highest BCUT2D eigenvalue weighted by Crippen LogP contribution is 2.28. The summed E-state index contributed by atoms with van der Waals surface area (Å²) in [6, 6.07) is 3.99. The zero-order chi connectivity index (χ0) is 14.9. The van der Waals surface area contributed by atoms with Gasteiger partial charge >= 0.3 is 0 Å². The van der Waals surface area contributed by atoms with Crippen molar-refractivity contribution >= 4 is 21.6 Å². The van der Waals surface area contributed by atoms with E-state index in [1.165, 1.54) is 10.4 Å². The van der Waals surface area contributed by atoms with Crippen LogP contribution >= 0.6 is 0 Å². The maximum absolute atomic E-state index is 12.7. The molecule has 1 fully saturated rings. The van der Waals surface area contributed by atoms with Crippen LogP contribution in [0.25, 0.3) is 0 Å². The second-order valence-electron chi connectivity index (χ2n) is 5.07. The Labute approximate surface area is 118 Å². The van der Waals surface area contributed by atoms with Gasteiger partial charge in [-0.05, 0) is 37.5 Å².